The number of halogens is 1. The van der Waals surface area contributed by atoms with E-state index in [9.17, 15) is 0 Å². The molecule has 0 unspecified atom stereocenters. The van der Waals surface area contributed by atoms with Gasteiger partial charge in [-0.3, -0.25) is 4.99 Å². The number of nitrogens with two attached hydrogens (primary N) is 1. The van der Waals surface area contributed by atoms with Crippen LogP contribution < -0.4 is 15.8 Å². The van der Waals surface area contributed by atoms with Crippen LogP contribution in [-0.2, 0) is 19.3 Å². The van der Waals surface area contributed by atoms with E-state index in [2.05, 4.69) is 40.6 Å². The van der Waals surface area contributed by atoms with Gasteiger partial charge in [0, 0.05) is 12.2 Å². The molecule has 0 saturated heterocycles. The number of nitrogens with one attached hydrogen (secondary N) is 1. The van der Waals surface area contributed by atoms with Crippen molar-refractivity contribution in [3.8, 4) is 5.75 Å². The summed E-state index contributed by atoms with van der Waals surface area (Å²) in [5.41, 5.74) is 11.1. The molecule has 0 atom stereocenters. The molecule has 0 aliphatic heterocycles. The third-order valence-corrected chi connectivity index (χ3v) is 4.21. The average molecular weight is 437 g/mol. The first kappa shape index (κ1) is 18.6. The molecule has 0 fully saturated rings. The summed E-state index contributed by atoms with van der Waals surface area (Å²) < 4.78 is 5.15. The van der Waals surface area contributed by atoms with Crippen molar-refractivity contribution in [1.82, 2.24) is 0 Å². The number of ether oxygens (including phenoxy) is 1. The summed E-state index contributed by atoms with van der Waals surface area (Å²) in [6.07, 6.45) is 4.47. The van der Waals surface area contributed by atoms with Gasteiger partial charge in [-0.2, -0.15) is 0 Å². The van der Waals surface area contributed by atoms with Crippen molar-refractivity contribution in [2.45, 2.75) is 25.7 Å². The number of methoxy groups -OCH3 is 1. The highest BCUT2D eigenvalue weighted by atomic mass is 127. The van der Waals surface area contributed by atoms with Crippen LogP contribution in [0.4, 0.5) is 5.69 Å². The summed E-state index contributed by atoms with van der Waals surface area (Å²) >= 11 is 0. The summed E-state index contributed by atoms with van der Waals surface area (Å²) in [7, 11) is 1.67. The smallest absolute Gasteiger partial charge is 0.193 e. The van der Waals surface area contributed by atoms with E-state index in [1.165, 1.54) is 36.0 Å². The van der Waals surface area contributed by atoms with Crippen LogP contribution in [-0.4, -0.2) is 19.6 Å². The maximum absolute atomic E-state index is 5.98. The molecule has 2 aromatic carbocycles. The highest BCUT2D eigenvalue weighted by Crippen LogP contribution is 2.24. The van der Waals surface area contributed by atoms with Crippen molar-refractivity contribution < 1.29 is 4.74 Å². The molecule has 0 spiro atoms. The molecule has 2 aromatic rings. The van der Waals surface area contributed by atoms with Crippen molar-refractivity contribution in [3.05, 3.63) is 59.2 Å². The third kappa shape index (κ3) is 4.87. The molecule has 1 aliphatic rings. The quantitative estimate of drug-likeness (QED) is 0.426. The summed E-state index contributed by atoms with van der Waals surface area (Å²) in [6.45, 7) is 0.663. The first-order valence-electron chi connectivity index (χ1n) is 8.06. The van der Waals surface area contributed by atoms with Gasteiger partial charge in [0.05, 0.1) is 7.11 Å². The first-order valence-corrected chi connectivity index (χ1v) is 8.06. The first-order chi connectivity index (χ1) is 11.2. The Kier molecular flexibility index (Phi) is 6.90. The molecule has 24 heavy (non-hydrogen) atoms. The van der Waals surface area contributed by atoms with E-state index < -0.39 is 0 Å². The molecule has 3 N–H and O–H groups in total. The monoisotopic (exact) mass is 437 g/mol. The van der Waals surface area contributed by atoms with Crippen LogP contribution in [0.2, 0.25) is 0 Å². The van der Waals surface area contributed by atoms with Crippen molar-refractivity contribution in [2.24, 2.45) is 10.7 Å². The average Bonchev–Trinajstić information content (AvgIpc) is 3.03. The normalized spacial score (nSPS) is 13.1. The number of nitrogens with zero attached hydrogens (tertiary/aromatic N) is 1. The number of hydrogen-bond acceptors (Lipinski definition) is 2. The lowest BCUT2D eigenvalue weighted by Gasteiger charge is -2.08. The third-order valence-electron chi connectivity index (χ3n) is 4.21. The van der Waals surface area contributed by atoms with Crippen LogP contribution in [0.1, 0.15) is 23.1 Å². The van der Waals surface area contributed by atoms with Crippen molar-refractivity contribution >= 4 is 35.6 Å². The van der Waals surface area contributed by atoms with Crippen LogP contribution in [0.15, 0.2) is 47.5 Å². The van der Waals surface area contributed by atoms with E-state index >= 15 is 0 Å². The number of aliphatic imine (C=N–C) groups is 1. The molecule has 0 saturated carbocycles. The Morgan fingerprint density at radius 1 is 1.12 bits per heavy atom. The molecule has 0 bridgehead atoms. The van der Waals surface area contributed by atoms with Crippen molar-refractivity contribution in [1.29, 1.82) is 0 Å². The molecule has 3 rings (SSSR count). The predicted octanol–water partition coefficient (Wildman–Crippen LogP) is 3.77. The zero-order chi connectivity index (χ0) is 16.1. The Labute approximate surface area is 160 Å². The van der Waals surface area contributed by atoms with E-state index in [1.807, 2.05) is 12.1 Å². The van der Waals surface area contributed by atoms with E-state index in [4.69, 9.17) is 10.5 Å². The topological polar surface area (TPSA) is 59.6 Å². The van der Waals surface area contributed by atoms with Gasteiger partial charge >= 0.3 is 0 Å². The molecular formula is C19H24IN3O. The minimum absolute atomic E-state index is 0. The van der Waals surface area contributed by atoms with Gasteiger partial charge in [-0.05, 0) is 66.6 Å². The second kappa shape index (κ2) is 8.92. The Morgan fingerprint density at radius 3 is 2.62 bits per heavy atom. The van der Waals surface area contributed by atoms with Gasteiger partial charge < -0.3 is 15.8 Å². The largest absolute Gasteiger partial charge is 0.497 e. The minimum Gasteiger partial charge on any atom is -0.497 e. The minimum atomic E-state index is 0. The van der Waals surface area contributed by atoms with Crippen LogP contribution in [0.25, 0.3) is 0 Å². The molecule has 0 heterocycles. The van der Waals surface area contributed by atoms with Crippen LogP contribution in [0.3, 0.4) is 0 Å². The van der Waals surface area contributed by atoms with Crippen LogP contribution >= 0.6 is 24.0 Å². The molecule has 1 aliphatic carbocycles. The summed E-state index contributed by atoms with van der Waals surface area (Å²) in [5, 5.41) is 3.18. The molecule has 128 valence electrons. The lowest BCUT2D eigenvalue weighted by Crippen LogP contribution is -2.23. The van der Waals surface area contributed by atoms with Gasteiger partial charge in [-0.1, -0.05) is 18.2 Å². The number of anilines is 1. The number of aryl methyl sites for hydroxylation is 2. The van der Waals surface area contributed by atoms with E-state index in [-0.39, 0.29) is 24.0 Å². The standard InChI is InChI=1S/C19H23N3O.HI/c1-23-18-9-5-14(6-10-18)11-12-21-19(20)22-17-8-7-15-3-2-4-16(15)13-17;/h5-10,13H,2-4,11-12H2,1H3,(H3,20,21,22);1H. The fraction of sp³-hybridized carbons (Fsp3) is 0.316. The number of fused-ring (bicyclic) bond motifs is 1. The molecule has 0 aromatic heterocycles. The molecular weight excluding hydrogens is 413 g/mol. The number of rotatable bonds is 5. The van der Waals surface area contributed by atoms with Gasteiger partial charge in [0.15, 0.2) is 5.96 Å². The Morgan fingerprint density at radius 2 is 1.88 bits per heavy atom. The van der Waals surface area contributed by atoms with Gasteiger partial charge in [0.1, 0.15) is 5.75 Å². The van der Waals surface area contributed by atoms with Crippen LogP contribution in [0.5, 0.6) is 5.75 Å². The van der Waals surface area contributed by atoms with Gasteiger partial charge in [0.2, 0.25) is 0 Å². The Hall–Kier alpha value is -1.76. The van der Waals surface area contributed by atoms with E-state index in [0.29, 0.717) is 12.5 Å². The summed E-state index contributed by atoms with van der Waals surface area (Å²) in [4.78, 5) is 4.40. The van der Waals surface area contributed by atoms with Crippen LogP contribution in [0, 0.1) is 0 Å². The Bertz CT molecular complexity index is 698. The zero-order valence-electron chi connectivity index (χ0n) is 13.9. The van der Waals surface area contributed by atoms with Crippen molar-refractivity contribution in [2.75, 3.05) is 19.0 Å². The van der Waals surface area contributed by atoms with Gasteiger partial charge in [0.25, 0.3) is 0 Å². The number of guanidine groups is 1. The lowest BCUT2D eigenvalue weighted by molar-refractivity contribution is 0.414. The maximum atomic E-state index is 5.98. The second-order valence-electron chi connectivity index (χ2n) is 5.83. The van der Waals surface area contributed by atoms with Gasteiger partial charge in [-0.15, -0.1) is 24.0 Å². The highest BCUT2D eigenvalue weighted by molar-refractivity contribution is 14.0. The fourth-order valence-corrected chi connectivity index (χ4v) is 2.93. The van der Waals surface area contributed by atoms with Gasteiger partial charge in [-0.25, -0.2) is 0 Å². The van der Waals surface area contributed by atoms with Crippen molar-refractivity contribution in [3.63, 3.8) is 0 Å². The SMILES string of the molecule is COc1ccc(CCN=C(N)Nc2ccc3c(c2)CCC3)cc1.I. The fourth-order valence-electron chi connectivity index (χ4n) is 2.93. The summed E-state index contributed by atoms with van der Waals surface area (Å²) in [6, 6.07) is 14.5. The number of hydrogen-bond donors (Lipinski definition) is 2. The lowest BCUT2D eigenvalue weighted by atomic mass is 10.1. The Balaban J connectivity index is 0.00000208. The van der Waals surface area contributed by atoms with E-state index in [1.54, 1.807) is 7.11 Å². The molecule has 0 amide bonds. The zero-order valence-corrected chi connectivity index (χ0v) is 16.2. The summed E-state index contributed by atoms with van der Waals surface area (Å²) in [5.74, 6) is 1.34. The number of benzene rings is 2. The second-order valence-corrected chi connectivity index (χ2v) is 5.83. The maximum Gasteiger partial charge on any atom is 0.193 e. The molecule has 5 heteroatoms. The highest BCUT2D eigenvalue weighted by Gasteiger charge is 2.10. The van der Waals surface area contributed by atoms with E-state index in [0.717, 1.165) is 17.9 Å². The molecule has 4 nitrogen and oxygen atoms in total. The predicted molar refractivity (Wildman–Crippen MR) is 111 cm³/mol. The molecule has 0 radical (unpaired) electrons.